The van der Waals surface area contributed by atoms with Crippen molar-refractivity contribution in [1.82, 2.24) is 0 Å². The van der Waals surface area contributed by atoms with Gasteiger partial charge in [0.25, 0.3) is 10.1 Å². The standard InChI is InChI=1S/C38H35NO7S/c1-22-11-28-18-31-15-25(8-7-24-9-10-39(3)23(2)13-24)14-30(37(31)42)16-26-5-4-6-27(35(26)40)17-32-20-34(47(44,45)46)21-33(38(32)43)19-29(12-22)36(28)41/h4-15,20-21H,16-19H2,1-3H3,(H4,40,41,43,44,45,46)/p+1. The average Bonchev–Trinajstić information content (AvgIpc) is 3.00. The number of phenols is 4. The molecule has 0 atom stereocenters. The maximum Gasteiger partial charge on any atom is 0.294 e. The zero-order chi connectivity index (χ0) is 33.6. The maximum absolute atomic E-state index is 12.2. The lowest BCUT2D eigenvalue weighted by molar-refractivity contribution is -0.677. The summed E-state index contributed by atoms with van der Waals surface area (Å²) in [6, 6.07) is 19.0. The summed E-state index contributed by atoms with van der Waals surface area (Å²) in [4.78, 5) is -0.399. The van der Waals surface area contributed by atoms with Gasteiger partial charge in [0.15, 0.2) is 11.9 Å². The molecule has 6 rings (SSSR count). The maximum atomic E-state index is 12.2. The summed E-state index contributed by atoms with van der Waals surface area (Å²) >= 11 is 0. The molecular formula is C38H36NO7S+. The van der Waals surface area contributed by atoms with Crippen LogP contribution in [-0.2, 0) is 42.8 Å². The number of aromatic hydroxyl groups is 4. The van der Waals surface area contributed by atoms with E-state index in [9.17, 15) is 33.4 Å². The monoisotopic (exact) mass is 650 g/mol. The number of aryl methyl sites for hydroxylation is 3. The SMILES string of the molecule is Cc1cc2c(O)c(c1)Cc1cc(S(=O)(=O)O)cc(c1O)Cc1cccc(c1O)Cc1cc(/C=C/c3cc[n+](C)c(C)c3)cc(c1O)C2. The molecule has 240 valence electrons. The first kappa shape index (κ1) is 31.8. The lowest BCUT2D eigenvalue weighted by Gasteiger charge is -2.18. The van der Waals surface area contributed by atoms with Crippen LogP contribution >= 0.6 is 0 Å². The smallest absolute Gasteiger partial charge is 0.294 e. The third-order valence-corrected chi connectivity index (χ3v) is 9.69. The van der Waals surface area contributed by atoms with Crippen molar-refractivity contribution in [3.8, 4) is 23.0 Å². The zero-order valence-corrected chi connectivity index (χ0v) is 27.1. The van der Waals surface area contributed by atoms with Crippen molar-refractivity contribution < 1.29 is 38.0 Å². The second kappa shape index (κ2) is 12.2. The fourth-order valence-electron chi connectivity index (χ4n) is 6.26. The Bertz CT molecular complexity index is 2200. The predicted octanol–water partition coefficient (Wildman–Crippen LogP) is 6.04. The number of benzene rings is 4. The molecule has 9 heteroatoms. The Kier molecular flexibility index (Phi) is 8.29. The van der Waals surface area contributed by atoms with Crippen LogP contribution in [0.25, 0.3) is 12.2 Å². The number of fused-ring (bicyclic) bond motifs is 8. The van der Waals surface area contributed by atoms with E-state index in [4.69, 9.17) is 0 Å². The third kappa shape index (κ3) is 6.58. The molecular weight excluding hydrogens is 614 g/mol. The molecule has 5 N–H and O–H groups in total. The first-order valence-electron chi connectivity index (χ1n) is 15.2. The van der Waals surface area contributed by atoms with Gasteiger partial charge >= 0.3 is 0 Å². The molecule has 0 spiro atoms. The van der Waals surface area contributed by atoms with Gasteiger partial charge in [-0.25, -0.2) is 4.57 Å². The van der Waals surface area contributed by atoms with Gasteiger partial charge in [0.05, 0.1) is 4.90 Å². The summed E-state index contributed by atoms with van der Waals surface area (Å²) in [7, 11) is -2.65. The number of pyridine rings is 1. The second-order valence-corrected chi connectivity index (χ2v) is 13.8. The molecule has 0 fully saturated rings. The molecule has 8 nitrogen and oxygen atoms in total. The molecule has 0 amide bonds. The van der Waals surface area contributed by atoms with E-state index in [1.165, 1.54) is 12.1 Å². The molecule has 1 aromatic heterocycles. The largest absolute Gasteiger partial charge is 0.507 e. The van der Waals surface area contributed by atoms with E-state index in [1.54, 1.807) is 24.3 Å². The topological polar surface area (TPSA) is 139 Å². The summed E-state index contributed by atoms with van der Waals surface area (Å²) < 4.78 is 36.4. The molecule has 47 heavy (non-hydrogen) atoms. The molecule has 0 saturated carbocycles. The minimum absolute atomic E-state index is 0.0387. The Morgan fingerprint density at radius 1 is 0.596 bits per heavy atom. The van der Waals surface area contributed by atoms with Crippen molar-refractivity contribution in [2.24, 2.45) is 7.05 Å². The quantitative estimate of drug-likeness (QED) is 0.116. The van der Waals surface area contributed by atoms with Crippen LogP contribution in [-0.4, -0.2) is 33.4 Å². The molecule has 1 aliphatic rings. The number of aromatic nitrogens is 1. The van der Waals surface area contributed by atoms with Gasteiger partial charge in [0, 0.05) is 55.9 Å². The van der Waals surface area contributed by atoms with E-state index in [1.807, 2.05) is 68.1 Å². The third-order valence-electron chi connectivity index (χ3n) is 8.86. The fourth-order valence-corrected chi connectivity index (χ4v) is 6.84. The molecule has 4 aromatic carbocycles. The average molecular weight is 651 g/mol. The van der Waals surface area contributed by atoms with Crippen molar-refractivity contribution in [3.63, 3.8) is 0 Å². The highest BCUT2D eigenvalue weighted by Gasteiger charge is 2.22. The Labute approximate surface area is 273 Å². The Morgan fingerprint density at radius 2 is 1.02 bits per heavy atom. The van der Waals surface area contributed by atoms with Gasteiger partial charge in [0.2, 0.25) is 0 Å². The van der Waals surface area contributed by atoms with Crippen LogP contribution in [0.1, 0.15) is 66.9 Å². The van der Waals surface area contributed by atoms with Crippen LogP contribution in [0.2, 0.25) is 0 Å². The normalized spacial score (nSPS) is 13.2. The van der Waals surface area contributed by atoms with Crippen LogP contribution in [0.5, 0.6) is 23.0 Å². The van der Waals surface area contributed by atoms with Gasteiger partial charge in [-0.05, 0) is 75.7 Å². The van der Waals surface area contributed by atoms with Crippen LogP contribution in [0.3, 0.4) is 0 Å². The van der Waals surface area contributed by atoms with E-state index in [0.717, 1.165) is 22.4 Å². The van der Waals surface area contributed by atoms with E-state index >= 15 is 0 Å². The van der Waals surface area contributed by atoms with E-state index in [2.05, 4.69) is 6.07 Å². The number of rotatable bonds is 3. The summed E-state index contributed by atoms with van der Waals surface area (Å²) in [5.41, 5.74) is 7.21. The van der Waals surface area contributed by atoms with Gasteiger partial charge in [0.1, 0.15) is 30.0 Å². The van der Waals surface area contributed by atoms with Gasteiger partial charge in [-0.2, -0.15) is 8.42 Å². The van der Waals surface area contributed by atoms with E-state index < -0.39 is 15.0 Å². The summed E-state index contributed by atoms with van der Waals surface area (Å²) in [5, 5.41) is 45.8. The summed E-state index contributed by atoms with van der Waals surface area (Å²) in [5.74, 6) is -0.229. The first-order valence-corrected chi connectivity index (χ1v) is 16.6. The van der Waals surface area contributed by atoms with E-state index in [0.29, 0.717) is 33.4 Å². The number of nitrogens with zero attached hydrogens (tertiary/aromatic N) is 1. The second-order valence-electron chi connectivity index (χ2n) is 12.4. The predicted molar refractivity (Wildman–Crippen MR) is 179 cm³/mol. The Morgan fingerprint density at radius 3 is 1.51 bits per heavy atom. The molecule has 8 bridgehead atoms. The molecule has 5 aromatic rings. The van der Waals surface area contributed by atoms with Crippen LogP contribution in [0.15, 0.2) is 77.8 Å². The van der Waals surface area contributed by atoms with Crippen LogP contribution < -0.4 is 4.57 Å². The molecule has 1 aliphatic carbocycles. The fraction of sp³-hybridized carbons (Fsp3) is 0.184. The van der Waals surface area contributed by atoms with Crippen molar-refractivity contribution in [2.75, 3.05) is 0 Å². The number of hydrogen-bond acceptors (Lipinski definition) is 6. The van der Waals surface area contributed by atoms with Gasteiger partial charge < -0.3 is 20.4 Å². The molecule has 0 radical (unpaired) electrons. The molecule has 1 heterocycles. The van der Waals surface area contributed by atoms with Crippen molar-refractivity contribution in [2.45, 2.75) is 44.4 Å². The number of para-hydroxylation sites is 1. The minimum atomic E-state index is -4.64. The molecule has 0 saturated heterocycles. The highest BCUT2D eigenvalue weighted by molar-refractivity contribution is 7.85. The van der Waals surface area contributed by atoms with Crippen molar-refractivity contribution in [1.29, 1.82) is 0 Å². The molecule has 0 unspecified atom stereocenters. The number of phenolic OH excluding ortho intramolecular Hbond substituents is 4. The minimum Gasteiger partial charge on any atom is -0.507 e. The van der Waals surface area contributed by atoms with E-state index in [-0.39, 0.29) is 59.8 Å². The zero-order valence-electron chi connectivity index (χ0n) is 26.3. The first-order chi connectivity index (χ1) is 22.3. The lowest BCUT2D eigenvalue weighted by Crippen LogP contribution is -2.30. The summed E-state index contributed by atoms with van der Waals surface area (Å²) in [6.07, 6.45) is 6.23. The van der Waals surface area contributed by atoms with Crippen LogP contribution in [0.4, 0.5) is 0 Å². The Hall–Kier alpha value is -5.12. The van der Waals surface area contributed by atoms with Crippen molar-refractivity contribution in [3.05, 3.63) is 140 Å². The lowest BCUT2D eigenvalue weighted by atomic mass is 9.90. The highest BCUT2D eigenvalue weighted by Crippen LogP contribution is 2.39. The number of hydrogen-bond donors (Lipinski definition) is 5. The summed E-state index contributed by atoms with van der Waals surface area (Å²) in [6.45, 7) is 3.90. The molecule has 0 aliphatic heterocycles. The van der Waals surface area contributed by atoms with Gasteiger partial charge in [-0.15, -0.1) is 0 Å². The van der Waals surface area contributed by atoms with Crippen LogP contribution in [0, 0.1) is 13.8 Å². The van der Waals surface area contributed by atoms with Gasteiger partial charge in [-0.3, -0.25) is 4.55 Å². The van der Waals surface area contributed by atoms with Crippen molar-refractivity contribution >= 4 is 22.3 Å². The Balaban J connectivity index is 1.55. The highest BCUT2D eigenvalue weighted by atomic mass is 32.2. The van der Waals surface area contributed by atoms with Gasteiger partial charge in [-0.1, -0.05) is 48.0 Å².